The number of phosphoric ester groups is 1. The largest absolute Gasteiger partial charge is 0.756 e. The lowest BCUT2D eigenvalue weighted by molar-refractivity contribution is -0.870. The van der Waals surface area contributed by atoms with Gasteiger partial charge >= 0.3 is 0 Å². The summed E-state index contributed by atoms with van der Waals surface area (Å²) in [4.78, 5) is 25.3. The van der Waals surface area contributed by atoms with E-state index in [1.54, 1.807) is 6.08 Å². The summed E-state index contributed by atoms with van der Waals surface area (Å²) in [6, 6.07) is -0.917. The van der Waals surface area contributed by atoms with Gasteiger partial charge in [0.05, 0.1) is 39.9 Å². The summed E-state index contributed by atoms with van der Waals surface area (Å²) < 4.78 is 23.1. The van der Waals surface area contributed by atoms with E-state index in [-0.39, 0.29) is 12.5 Å². The van der Waals surface area contributed by atoms with Crippen molar-refractivity contribution in [3.8, 4) is 0 Å². The second-order valence-corrected chi connectivity index (χ2v) is 17.4. The number of carbonyl (C=O) groups is 1. The van der Waals surface area contributed by atoms with Crippen molar-refractivity contribution in [2.24, 2.45) is 0 Å². The average Bonchev–Trinajstić information content (AvgIpc) is 3.13. The highest BCUT2D eigenvalue weighted by molar-refractivity contribution is 7.45. The molecule has 0 aliphatic carbocycles. The molecule has 0 spiro atoms. The van der Waals surface area contributed by atoms with Gasteiger partial charge in [-0.2, -0.15) is 0 Å². The molecule has 0 radical (unpaired) electrons. The Balaban J connectivity index is 4.56. The first-order chi connectivity index (χ1) is 26.5. The van der Waals surface area contributed by atoms with Gasteiger partial charge in [-0.15, -0.1) is 0 Å². The van der Waals surface area contributed by atoms with Gasteiger partial charge in [0.15, 0.2) is 0 Å². The first-order valence-corrected chi connectivity index (χ1v) is 23.6. The van der Waals surface area contributed by atoms with Gasteiger partial charge in [0, 0.05) is 6.42 Å². The molecule has 0 saturated heterocycles. The van der Waals surface area contributed by atoms with Crippen molar-refractivity contribution in [1.29, 1.82) is 0 Å². The summed E-state index contributed by atoms with van der Waals surface area (Å²) in [6.45, 7) is 4.56. The molecule has 55 heavy (non-hydrogen) atoms. The normalized spacial score (nSPS) is 15.0. The van der Waals surface area contributed by atoms with E-state index < -0.39 is 26.6 Å². The molecule has 0 aliphatic heterocycles. The SMILES string of the molecule is CCCCC/C=C\C/C=C\CCCCCCCC(=O)NC(COP(=O)([O-])OCC[N+](C)(C)C)C(O)/C=C/CC/C=C/CC/C=C/CCCCCCCCCC. The van der Waals surface area contributed by atoms with Gasteiger partial charge in [-0.3, -0.25) is 9.36 Å². The molecule has 320 valence electrons. The van der Waals surface area contributed by atoms with Crippen LogP contribution in [0.5, 0.6) is 0 Å². The monoisotopic (exact) mass is 793 g/mol. The molecule has 0 rings (SSSR count). The number of rotatable bonds is 39. The Hall–Kier alpha value is -1.80. The van der Waals surface area contributed by atoms with Crippen molar-refractivity contribution in [2.45, 2.75) is 187 Å². The maximum absolute atomic E-state index is 12.8. The summed E-state index contributed by atoms with van der Waals surface area (Å²) >= 11 is 0. The second-order valence-electron chi connectivity index (χ2n) is 16.0. The lowest BCUT2D eigenvalue weighted by Gasteiger charge is -2.29. The zero-order chi connectivity index (χ0) is 40.7. The molecule has 0 aromatic heterocycles. The molecular formula is C46H85N2O6P. The fourth-order valence-corrected chi connectivity index (χ4v) is 6.58. The number of phosphoric acid groups is 1. The molecule has 0 heterocycles. The van der Waals surface area contributed by atoms with Crippen molar-refractivity contribution < 1.29 is 32.9 Å². The molecule has 8 nitrogen and oxygen atoms in total. The zero-order valence-electron chi connectivity index (χ0n) is 36.1. The van der Waals surface area contributed by atoms with Crippen LogP contribution in [0.4, 0.5) is 0 Å². The Bertz CT molecular complexity index is 1080. The quantitative estimate of drug-likeness (QED) is 0.0278. The van der Waals surface area contributed by atoms with Crippen LogP contribution >= 0.6 is 7.82 Å². The van der Waals surface area contributed by atoms with E-state index in [1.165, 1.54) is 83.5 Å². The maximum Gasteiger partial charge on any atom is 0.268 e. The molecule has 0 aromatic carbocycles. The van der Waals surface area contributed by atoms with Crippen LogP contribution in [0.3, 0.4) is 0 Å². The molecule has 3 unspecified atom stereocenters. The molecule has 1 amide bonds. The number of unbranched alkanes of at least 4 members (excludes halogenated alkanes) is 18. The molecule has 0 bridgehead atoms. The van der Waals surface area contributed by atoms with Crippen molar-refractivity contribution in [1.82, 2.24) is 5.32 Å². The van der Waals surface area contributed by atoms with Gasteiger partial charge in [-0.05, 0) is 77.0 Å². The summed E-state index contributed by atoms with van der Waals surface area (Å²) in [5, 5.41) is 13.7. The minimum Gasteiger partial charge on any atom is -0.756 e. The minimum absolute atomic E-state index is 0.0142. The number of hydrogen-bond donors (Lipinski definition) is 2. The van der Waals surface area contributed by atoms with Crippen LogP contribution in [0, 0.1) is 0 Å². The lowest BCUT2D eigenvalue weighted by Crippen LogP contribution is -2.45. The Kier molecular flexibility index (Phi) is 36.5. The van der Waals surface area contributed by atoms with Gasteiger partial charge in [-0.25, -0.2) is 0 Å². The average molecular weight is 793 g/mol. The number of nitrogens with one attached hydrogen (secondary N) is 1. The number of aliphatic hydroxyl groups excluding tert-OH is 1. The number of quaternary nitrogens is 1. The molecule has 9 heteroatoms. The molecule has 2 N–H and O–H groups in total. The van der Waals surface area contributed by atoms with E-state index in [0.29, 0.717) is 17.4 Å². The van der Waals surface area contributed by atoms with Crippen LogP contribution in [0.25, 0.3) is 0 Å². The van der Waals surface area contributed by atoms with Gasteiger partial charge in [0.1, 0.15) is 13.2 Å². The molecule has 3 atom stereocenters. The highest BCUT2D eigenvalue weighted by Gasteiger charge is 2.23. The number of nitrogens with zero attached hydrogens (tertiary/aromatic N) is 1. The van der Waals surface area contributed by atoms with E-state index in [9.17, 15) is 19.4 Å². The van der Waals surface area contributed by atoms with E-state index in [2.05, 4.69) is 67.8 Å². The number of allylic oxidation sites excluding steroid dienone is 9. The Morgan fingerprint density at radius 1 is 0.636 bits per heavy atom. The van der Waals surface area contributed by atoms with Crippen LogP contribution in [-0.2, 0) is 18.4 Å². The standard InChI is InChI=1S/C46H85N2O6P/c1-6-8-10-12-14-16-18-20-22-23-24-26-27-29-31-33-35-37-39-45(49)44(43-54-55(51,52)53-42-41-48(3,4)5)47-46(50)40-38-36-34-32-30-28-25-21-19-17-15-13-11-9-7-2/h15,17,21,23-25,29,31,37,39,44-45,49H,6-14,16,18-20,22,26-28,30,32-36,38,40-43H2,1-5H3,(H-,47,50,51,52)/b17-15-,24-23+,25-21-,31-29+,39-37+. The fourth-order valence-electron chi connectivity index (χ4n) is 5.86. The first kappa shape index (κ1) is 53.2. The zero-order valence-corrected chi connectivity index (χ0v) is 37.0. The number of hydrogen-bond acceptors (Lipinski definition) is 6. The molecule has 0 saturated carbocycles. The summed E-state index contributed by atoms with van der Waals surface area (Å²) in [6.07, 6.45) is 48.4. The van der Waals surface area contributed by atoms with E-state index in [4.69, 9.17) is 9.05 Å². The number of carbonyl (C=O) groups excluding carboxylic acids is 1. The van der Waals surface area contributed by atoms with Gasteiger partial charge in [-0.1, -0.05) is 152 Å². The number of amides is 1. The Labute approximate surface area is 339 Å². The third-order valence-electron chi connectivity index (χ3n) is 9.43. The second kappa shape index (κ2) is 37.8. The molecule has 0 aliphatic rings. The first-order valence-electron chi connectivity index (χ1n) is 22.2. The van der Waals surface area contributed by atoms with Crippen molar-refractivity contribution in [3.63, 3.8) is 0 Å². The maximum atomic E-state index is 12.8. The smallest absolute Gasteiger partial charge is 0.268 e. The van der Waals surface area contributed by atoms with Crippen LogP contribution in [-0.4, -0.2) is 68.5 Å². The third-order valence-corrected chi connectivity index (χ3v) is 10.4. The van der Waals surface area contributed by atoms with Crippen molar-refractivity contribution in [3.05, 3.63) is 60.8 Å². The number of aliphatic hydroxyl groups is 1. The fraction of sp³-hybridized carbons (Fsp3) is 0.761. The minimum atomic E-state index is -4.60. The highest BCUT2D eigenvalue weighted by atomic mass is 31.2. The summed E-state index contributed by atoms with van der Waals surface area (Å²) in [5.41, 5.74) is 0. The predicted molar refractivity (Wildman–Crippen MR) is 233 cm³/mol. The highest BCUT2D eigenvalue weighted by Crippen LogP contribution is 2.38. The van der Waals surface area contributed by atoms with Crippen molar-refractivity contribution in [2.75, 3.05) is 40.9 Å². The molecular weight excluding hydrogens is 707 g/mol. The van der Waals surface area contributed by atoms with Crippen LogP contribution < -0.4 is 10.2 Å². The van der Waals surface area contributed by atoms with E-state index in [0.717, 1.165) is 70.6 Å². The molecule has 0 fully saturated rings. The van der Waals surface area contributed by atoms with Gasteiger partial charge in [0.25, 0.3) is 7.82 Å². The van der Waals surface area contributed by atoms with Crippen LogP contribution in [0.2, 0.25) is 0 Å². The lowest BCUT2D eigenvalue weighted by atomic mass is 10.1. The van der Waals surface area contributed by atoms with E-state index >= 15 is 0 Å². The van der Waals surface area contributed by atoms with Crippen LogP contribution in [0.1, 0.15) is 174 Å². The molecule has 0 aromatic rings. The summed E-state index contributed by atoms with van der Waals surface area (Å²) in [5.74, 6) is -0.229. The van der Waals surface area contributed by atoms with Crippen molar-refractivity contribution >= 4 is 13.7 Å². The predicted octanol–water partition coefficient (Wildman–Crippen LogP) is 11.6. The van der Waals surface area contributed by atoms with Gasteiger partial charge in [0.2, 0.25) is 5.91 Å². The summed E-state index contributed by atoms with van der Waals surface area (Å²) in [7, 11) is 1.22. The number of likely N-dealkylation sites (N-methyl/N-ethyl adjacent to an activating group) is 1. The van der Waals surface area contributed by atoms with Crippen LogP contribution in [0.15, 0.2) is 60.8 Å². The topological polar surface area (TPSA) is 108 Å². The Morgan fingerprint density at radius 2 is 1.07 bits per heavy atom. The van der Waals surface area contributed by atoms with Gasteiger partial charge < -0.3 is 28.8 Å². The van der Waals surface area contributed by atoms with E-state index in [1.807, 2.05) is 27.2 Å². The third kappa shape index (κ3) is 40.2. The Morgan fingerprint density at radius 3 is 1.62 bits per heavy atom.